The summed E-state index contributed by atoms with van der Waals surface area (Å²) in [5, 5.41) is 0.947. The van der Waals surface area contributed by atoms with Gasteiger partial charge in [-0.05, 0) is 19.1 Å². The molecule has 2 aromatic rings. The van der Waals surface area contributed by atoms with Crippen LogP contribution in [0.2, 0.25) is 0 Å². The number of rotatable bonds is 3. The van der Waals surface area contributed by atoms with Crippen molar-refractivity contribution in [2.45, 2.75) is 6.92 Å². The number of carbonyl (C=O) groups excluding carboxylic acids is 1. The van der Waals surface area contributed by atoms with Crippen molar-refractivity contribution in [2.24, 2.45) is 0 Å². The van der Waals surface area contributed by atoms with Gasteiger partial charge in [-0.15, -0.1) is 0 Å². The highest BCUT2D eigenvalue weighted by molar-refractivity contribution is 6.15. The van der Waals surface area contributed by atoms with Gasteiger partial charge in [0.25, 0.3) is 0 Å². The molecule has 1 heterocycles. The Morgan fingerprint density at radius 3 is 2.88 bits per heavy atom. The molecule has 0 amide bonds. The molecule has 1 aromatic heterocycles. The van der Waals surface area contributed by atoms with Crippen LogP contribution in [0, 0.1) is 0 Å². The molecular formula is C13H12O3. The van der Waals surface area contributed by atoms with Crippen LogP contribution in [0.1, 0.15) is 12.7 Å². The van der Waals surface area contributed by atoms with Gasteiger partial charge in [0.15, 0.2) is 0 Å². The molecule has 0 spiro atoms. The molecule has 3 heteroatoms. The van der Waals surface area contributed by atoms with Crippen LogP contribution in [-0.2, 0) is 9.53 Å². The fraction of sp³-hybridized carbons (Fsp3) is 0.154. The first-order chi connectivity index (χ1) is 7.72. The largest absolute Gasteiger partial charge is 0.462 e. The molecule has 2 rings (SSSR count). The van der Waals surface area contributed by atoms with E-state index in [1.165, 1.54) is 0 Å². The van der Waals surface area contributed by atoms with E-state index in [-0.39, 0.29) is 5.57 Å². The molecule has 1 aromatic carbocycles. The summed E-state index contributed by atoms with van der Waals surface area (Å²) in [6, 6.07) is 9.34. The Balaban J connectivity index is 2.33. The molecule has 0 N–H and O–H groups in total. The monoisotopic (exact) mass is 216 g/mol. The molecule has 0 aliphatic heterocycles. The summed E-state index contributed by atoms with van der Waals surface area (Å²) in [6.45, 7) is 5.76. The Labute approximate surface area is 93.3 Å². The number of carbonyl (C=O) groups is 1. The number of hydrogen-bond acceptors (Lipinski definition) is 3. The van der Waals surface area contributed by atoms with Crippen molar-refractivity contribution in [3.8, 4) is 0 Å². The minimum atomic E-state index is -0.443. The van der Waals surface area contributed by atoms with Crippen LogP contribution in [-0.4, -0.2) is 12.6 Å². The van der Waals surface area contributed by atoms with Crippen molar-refractivity contribution >= 4 is 22.5 Å². The van der Waals surface area contributed by atoms with E-state index in [9.17, 15) is 4.79 Å². The number of esters is 1. The minimum Gasteiger partial charge on any atom is -0.462 e. The number of fused-ring (bicyclic) bond motifs is 1. The van der Waals surface area contributed by atoms with Gasteiger partial charge in [0, 0.05) is 5.39 Å². The first kappa shape index (κ1) is 10.5. The maximum absolute atomic E-state index is 11.4. The van der Waals surface area contributed by atoms with Crippen LogP contribution < -0.4 is 0 Å². The molecule has 0 unspecified atom stereocenters. The molecule has 82 valence electrons. The Kier molecular flexibility index (Phi) is 2.77. The lowest BCUT2D eigenvalue weighted by Crippen LogP contribution is -2.04. The molecule has 0 fully saturated rings. The fourth-order valence-corrected chi connectivity index (χ4v) is 1.45. The second-order valence-corrected chi connectivity index (χ2v) is 3.35. The standard InChI is InChI=1S/C13H12O3/c1-3-15-13(14)9(2)12-8-10-6-4-5-7-11(10)16-12/h4-8H,2-3H2,1H3. The summed E-state index contributed by atoms with van der Waals surface area (Å²) in [6.07, 6.45) is 0. The maximum atomic E-state index is 11.4. The first-order valence-corrected chi connectivity index (χ1v) is 5.07. The summed E-state index contributed by atoms with van der Waals surface area (Å²) in [7, 11) is 0. The molecule has 0 saturated heterocycles. The van der Waals surface area contributed by atoms with Crippen molar-refractivity contribution in [2.75, 3.05) is 6.61 Å². The maximum Gasteiger partial charge on any atom is 0.341 e. The smallest absolute Gasteiger partial charge is 0.341 e. The SMILES string of the molecule is C=C(C(=O)OCC)c1cc2ccccc2o1. The van der Waals surface area contributed by atoms with E-state index in [1.54, 1.807) is 13.0 Å². The molecule has 16 heavy (non-hydrogen) atoms. The van der Waals surface area contributed by atoms with Crippen molar-refractivity contribution in [1.29, 1.82) is 0 Å². The van der Waals surface area contributed by atoms with Gasteiger partial charge in [-0.3, -0.25) is 0 Å². The van der Waals surface area contributed by atoms with Crippen LogP contribution >= 0.6 is 0 Å². The highest BCUT2D eigenvalue weighted by Gasteiger charge is 2.14. The normalized spacial score (nSPS) is 10.3. The molecule has 3 nitrogen and oxygen atoms in total. The van der Waals surface area contributed by atoms with Gasteiger partial charge < -0.3 is 9.15 Å². The Bertz CT molecular complexity index is 504. The molecule has 0 saturated carbocycles. The van der Waals surface area contributed by atoms with Crippen molar-refractivity contribution < 1.29 is 13.9 Å². The van der Waals surface area contributed by atoms with Crippen LogP contribution in [0.3, 0.4) is 0 Å². The number of benzene rings is 1. The topological polar surface area (TPSA) is 39.4 Å². The van der Waals surface area contributed by atoms with E-state index < -0.39 is 5.97 Å². The molecule has 0 aliphatic rings. The van der Waals surface area contributed by atoms with Crippen LogP contribution in [0.4, 0.5) is 0 Å². The molecule has 0 bridgehead atoms. The van der Waals surface area contributed by atoms with E-state index in [0.29, 0.717) is 12.4 Å². The first-order valence-electron chi connectivity index (χ1n) is 5.07. The third-order valence-electron chi connectivity index (χ3n) is 2.24. The van der Waals surface area contributed by atoms with Gasteiger partial charge in [0.2, 0.25) is 0 Å². The quantitative estimate of drug-likeness (QED) is 0.584. The highest BCUT2D eigenvalue weighted by atomic mass is 16.5. The van der Waals surface area contributed by atoms with Crippen molar-refractivity contribution in [3.63, 3.8) is 0 Å². The summed E-state index contributed by atoms with van der Waals surface area (Å²) in [5.41, 5.74) is 0.987. The Morgan fingerprint density at radius 2 is 2.19 bits per heavy atom. The van der Waals surface area contributed by atoms with E-state index in [4.69, 9.17) is 9.15 Å². The lowest BCUT2D eigenvalue weighted by molar-refractivity contribution is -0.136. The van der Waals surface area contributed by atoms with Gasteiger partial charge in [0.1, 0.15) is 11.3 Å². The average molecular weight is 216 g/mol. The lowest BCUT2D eigenvalue weighted by atomic mass is 10.2. The Hall–Kier alpha value is -2.03. The summed E-state index contributed by atoms with van der Waals surface area (Å²) < 4.78 is 10.4. The predicted octanol–water partition coefficient (Wildman–Crippen LogP) is 3.01. The number of furan rings is 1. The highest BCUT2D eigenvalue weighted by Crippen LogP contribution is 2.24. The third-order valence-corrected chi connectivity index (χ3v) is 2.24. The van der Waals surface area contributed by atoms with Gasteiger partial charge in [-0.1, -0.05) is 24.8 Å². The van der Waals surface area contributed by atoms with Crippen LogP contribution in [0.25, 0.3) is 16.5 Å². The third kappa shape index (κ3) is 1.84. The van der Waals surface area contributed by atoms with Gasteiger partial charge >= 0.3 is 5.97 Å². The Morgan fingerprint density at radius 1 is 1.44 bits per heavy atom. The summed E-state index contributed by atoms with van der Waals surface area (Å²) >= 11 is 0. The van der Waals surface area contributed by atoms with E-state index >= 15 is 0 Å². The van der Waals surface area contributed by atoms with Crippen LogP contribution in [0.5, 0.6) is 0 Å². The predicted molar refractivity (Wildman–Crippen MR) is 61.9 cm³/mol. The van der Waals surface area contributed by atoms with Gasteiger partial charge in [-0.2, -0.15) is 0 Å². The van der Waals surface area contributed by atoms with Crippen LogP contribution in [0.15, 0.2) is 41.3 Å². The van der Waals surface area contributed by atoms with Crippen molar-refractivity contribution in [3.05, 3.63) is 42.7 Å². The second kappa shape index (κ2) is 4.23. The molecule has 0 aliphatic carbocycles. The number of ether oxygens (including phenoxy) is 1. The molecular weight excluding hydrogens is 204 g/mol. The van der Waals surface area contributed by atoms with Gasteiger partial charge in [0.05, 0.1) is 12.2 Å². The minimum absolute atomic E-state index is 0.248. The zero-order chi connectivity index (χ0) is 11.5. The number of hydrogen-bond donors (Lipinski definition) is 0. The van der Waals surface area contributed by atoms with Crippen molar-refractivity contribution in [1.82, 2.24) is 0 Å². The van der Waals surface area contributed by atoms with E-state index in [0.717, 1.165) is 11.0 Å². The second-order valence-electron chi connectivity index (χ2n) is 3.35. The molecule has 0 radical (unpaired) electrons. The molecule has 0 atom stereocenters. The number of para-hydroxylation sites is 1. The zero-order valence-electron chi connectivity index (χ0n) is 9.03. The van der Waals surface area contributed by atoms with E-state index in [1.807, 2.05) is 24.3 Å². The van der Waals surface area contributed by atoms with E-state index in [2.05, 4.69) is 6.58 Å². The fourth-order valence-electron chi connectivity index (χ4n) is 1.45. The zero-order valence-corrected chi connectivity index (χ0v) is 9.03. The summed E-state index contributed by atoms with van der Waals surface area (Å²) in [4.78, 5) is 11.4. The lowest BCUT2D eigenvalue weighted by Gasteiger charge is -2.00. The summed E-state index contributed by atoms with van der Waals surface area (Å²) in [5.74, 6) is 0.0150. The van der Waals surface area contributed by atoms with Gasteiger partial charge in [-0.25, -0.2) is 4.79 Å². The average Bonchev–Trinajstić information content (AvgIpc) is 2.71.